The third kappa shape index (κ3) is 5.03. The number of sulfone groups is 1. The van der Waals surface area contributed by atoms with Crippen LogP contribution >= 0.6 is 0 Å². The van der Waals surface area contributed by atoms with Crippen molar-refractivity contribution >= 4 is 21.4 Å². The summed E-state index contributed by atoms with van der Waals surface area (Å²) in [6.45, 7) is 4.47. The highest BCUT2D eigenvalue weighted by atomic mass is 32.2. The normalized spacial score (nSPS) is 27.9. The molecule has 3 rings (SSSR count). The third-order valence-electron chi connectivity index (χ3n) is 6.63. The van der Waals surface area contributed by atoms with E-state index >= 15 is 0 Å². The minimum atomic E-state index is -4.50. The van der Waals surface area contributed by atoms with E-state index < -0.39 is 38.4 Å². The number of alkyl halides is 3. The second-order valence-corrected chi connectivity index (χ2v) is 11.8. The largest absolute Gasteiger partial charge is 0.465 e. The van der Waals surface area contributed by atoms with Crippen molar-refractivity contribution in [2.24, 2.45) is 5.41 Å². The zero-order chi connectivity index (χ0) is 23.9. The molecule has 1 amide bonds. The molecular weight excluding hydrogens is 449 g/mol. The summed E-state index contributed by atoms with van der Waals surface area (Å²) in [4.78, 5) is 18.6. The molecule has 1 saturated carbocycles. The van der Waals surface area contributed by atoms with Crippen molar-refractivity contribution in [2.75, 3.05) is 17.2 Å². The number of aliphatic hydroxyl groups is 1. The predicted octanol–water partition coefficient (Wildman–Crippen LogP) is 3.26. The lowest BCUT2D eigenvalue weighted by molar-refractivity contribution is -0.189. The van der Waals surface area contributed by atoms with E-state index in [0.29, 0.717) is 31.5 Å². The zero-order valence-electron chi connectivity index (χ0n) is 18.4. The second-order valence-electron chi connectivity index (χ2n) is 9.22. The first-order chi connectivity index (χ1) is 14.7. The lowest BCUT2D eigenvalue weighted by Gasteiger charge is -2.40. The molecular formula is C21H29F3N2O5S. The minimum Gasteiger partial charge on any atom is -0.465 e. The van der Waals surface area contributed by atoms with Gasteiger partial charge in [0.25, 0.3) is 0 Å². The molecule has 1 atom stereocenters. The molecule has 0 aromatic carbocycles. The summed E-state index contributed by atoms with van der Waals surface area (Å²) in [6.07, 6.45) is -3.44. The topological polar surface area (TPSA) is 96.8 Å². The summed E-state index contributed by atoms with van der Waals surface area (Å²) >= 11 is 0. The summed E-state index contributed by atoms with van der Waals surface area (Å²) in [6, 6.07) is 2.79. The highest BCUT2D eigenvalue weighted by Crippen LogP contribution is 2.49. The van der Waals surface area contributed by atoms with Crippen LogP contribution in [-0.2, 0) is 14.6 Å². The first-order valence-corrected chi connectivity index (χ1v) is 12.3. The first kappa shape index (κ1) is 24.8. The molecule has 0 unspecified atom stereocenters. The molecule has 0 bridgehead atoms. The van der Waals surface area contributed by atoms with Crippen LogP contribution in [0.4, 0.5) is 18.9 Å². The minimum absolute atomic E-state index is 0.134. The number of nitrogens with zero attached hydrogens (tertiary/aromatic N) is 2. The Labute approximate surface area is 185 Å². The fourth-order valence-corrected chi connectivity index (χ4v) is 5.63. The lowest BCUT2D eigenvalue weighted by Crippen LogP contribution is -2.47. The summed E-state index contributed by atoms with van der Waals surface area (Å²) in [5.74, 6) is -0.632. The van der Waals surface area contributed by atoms with Crippen molar-refractivity contribution in [1.29, 1.82) is 0 Å². The van der Waals surface area contributed by atoms with Gasteiger partial charge in [-0.15, -0.1) is 0 Å². The quantitative estimate of drug-likeness (QED) is 0.674. The van der Waals surface area contributed by atoms with Crippen LogP contribution in [0.25, 0.3) is 0 Å². The molecule has 1 aromatic heterocycles. The van der Waals surface area contributed by atoms with Gasteiger partial charge >= 0.3 is 6.18 Å². The molecule has 2 fully saturated rings. The standard InChI is InChI=1S/C21H29F3N2O5S/c1-14(2)32(29,30)13-20(28)8-6-19(7-9-20)10-11-26(18(19)27)16-4-5-17(25-12-16)31-15(3)21(22,23)24/h4-5,12,14-15,28H,6-11,13H2,1-3H3/t15-,19-,20+/m1/s1. The second kappa shape index (κ2) is 8.48. The summed E-state index contributed by atoms with van der Waals surface area (Å²) in [7, 11) is -3.42. The molecule has 2 heterocycles. The molecule has 1 spiro atoms. The van der Waals surface area contributed by atoms with Gasteiger partial charge in [-0.25, -0.2) is 13.4 Å². The Morgan fingerprint density at radius 3 is 2.28 bits per heavy atom. The Morgan fingerprint density at radius 2 is 1.78 bits per heavy atom. The fraction of sp³-hybridized carbons (Fsp3) is 0.714. The van der Waals surface area contributed by atoms with Gasteiger partial charge in [0.05, 0.1) is 33.9 Å². The molecule has 0 radical (unpaired) electrons. The van der Waals surface area contributed by atoms with E-state index in [0.717, 1.165) is 6.92 Å². The number of anilines is 1. The molecule has 1 N–H and O–H groups in total. The Balaban J connectivity index is 1.65. The van der Waals surface area contributed by atoms with Gasteiger partial charge < -0.3 is 14.7 Å². The summed E-state index contributed by atoms with van der Waals surface area (Å²) in [5.41, 5.74) is -1.55. The average Bonchev–Trinajstić information content (AvgIpc) is 3.00. The van der Waals surface area contributed by atoms with E-state index in [-0.39, 0.29) is 30.4 Å². The number of halogens is 3. The van der Waals surface area contributed by atoms with Crippen molar-refractivity contribution in [3.63, 3.8) is 0 Å². The Bertz CT molecular complexity index is 939. The van der Waals surface area contributed by atoms with Crippen LogP contribution < -0.4 is 9.64 Å². The van der Waals surface area contributed by atoms with Gasteiger partial charge in [-0.2, -0.15) is 13.2 Å². The Hall–Kier alpha value is -1.88. The maximum absolute atomic E-state index is 13.2. The highest BCUT2D eigenvalue weighted by Gasteiger charge is 2.52. The number of hydrogen-bond donors (Lipinski definition) is 1. The van der Waals surface area contributed by atoms with E-state index in [9.17, 15) is 31.5 Å². The van der Waals surface area contributed by atoms with Crippen LogP contribution in [0.5, 0.6) is 5.88 Å². The molecule has 11 heteroatoms. The van der Waals surface area contributed by atoms with Crippen LogP contribution in [0.2, 0.25) is 0 Å². The van der Waals surface area contributed by atoms with Crippen molar-refractivity contribution in [3.05, 3.63) is 18.3 Å². The smallest absolute Gasteiger partial charge is 0.425 e. The van der Waals surface area contributed by atoms with Crippen molar-refractivity contribution in [3.8, 4) is 5.88 Å². The average molecular weight is 479 g/mol. The van der Waals surface area contributed by atoms with Crippen molar-refractivity contribution in [2.45, 2.75) is 76.0 Å². The number of carbonyl (C=O) groups excluding carboxylic acids is 1. The number of rotatable bonds is 6. The highest BCUT2D eigenvalue weighted by molar-refractivity contribution is 7.92. The molecule has 32 heavy (non-hydrogen) atoms. The zero-order valence-corrected chi connectivity index (χ0v) is 19.2. The number of aromatic nitrogens is 1. The number of ether oxygens (including phenoxy) is 1. The van der Waals surface area contributed by atoms with Gasteiger partial charge in [-0.05, 0) is 58.9 Å². The van der Waals surface area contributed by atoms with Gasteiger partial charge in [-0.1, -0.05) is 0 Å². The summed E-state index contributed by atoms with van der Waals surface area (Å²) in [5, 5.41) is 10.2. The maximum atomic E-state index is 13.2. The van der Waals surface area contributed by atoms with Gasteiger partial charge in [0.15, 0.2) is 15.9 Å². The van der Waals surface area contributed by atoms with Crippen LogP contribution in [0, 0.1) is 5.41 Å². The molecule has 1 aliphatic heterocycles. The fourth-order valence-electron chi connectivity index (χ4n) is 4.26. The first-order valence-electron chi connectivity index (χ1n) is 10.6. The summed E-state index contributed by atoms with van der Waals surface area (Å²) < 4.78 is 67.2. The lowest BCUT2D eigenvalue weighted by atomic mass is 9.68. The van der Waals surface area contributed by atoms with E-state index in [2.05, 4.69) is 4.98 Å². The van der Waals surface area contributed by atoms with Crippen LogP contribution in [0.15, 0.2) is 18.3 Å². The van der Waals surface area contributed by atoms with Crippen LogP contribution in [-0.4, -0.2) is 59.8 Å². The number of carbonyl (C=O) groups is 1. The van der Waals surface area contributed by atoms with E-state index in [1.807, 2.05) is 0 Å². The van der Waals surface area contributed by atoms with E-state index in [1.165, 1.54) is 18.3 Å². The number of pyridine rings is 1. The number of amides is 1. The third-order valence-corrected chi connectivity index (χ3v) is 9.01. The molecule has 7 nitrogen and oxygen atoms in total. The maximum Gasteiger partial charge on any atom is 0.425 e. The monoisotopic (exact) mass is 478 g/mol. The molecule has 180 valence electrons. The van der Waals surface area contributed by atoms with Gasteiger partial charge in [-0.3, -0.25) is 4.79 Å². The van der Waals surface area contributed by atoms with E-state index in [4.69, 9.17) is 4.74 Å². The van der Waals surface area contributed by atoms with Crippen molar-refractivity contribution < 1.29 is 36.2 Å². The Morgan fingerprint density at radius 1 is 1.16 bits per heavy atom. The molecule has 1 aromatic rings. The van der Waals surface area contributed by atoms with Crippen LogP contribution in [0.3, 0.4) is 0 Å². The predicted molar refractivity (Wildman–Crippen MR) is 112 cm³/mol. The molecule has 1 aliphatic carbocycles. The van der Waals surface area contributed by atoms with Gasteiger partial charge in [0, 0.05) is 12.6 Å². The van der Waals surface area contributed by atoms with E-state index in [1.54, 1.807) is 18.7 Å². The van der Waals surface area contributed by atoms with Gasteiger partial charge in [0.1, 0.15) is 0 Å². The van der Waals surface area contributed by atoms with Crippen LogP contribution in [0.1, 0.15) is 52.9 Å². The van der Waals surface area contributed by atoms with Gasteiger partial charge in [0.2, 0.25) is 11.8 Å². The molecule has 2 aliphatic rings. The Kier molecular flexibility index (Phi) is 6.56. The molecule has 1 saturated heterocycles. The SMILES string of the molecule is CC(C)S(=O)(=O)C[C@]1(O)CC[C@]2(CCN(c3ccc(O[C@H](C)C(F)(F)F)nc3)C2=O)CC1. The van der Waals surface area contributed by atoms with Crippen molar-refractivity contribution in [1.82, 2.24) is 4.98 Å². The number of hydrogen-bond acceptors (Lipinski definition) is 6.